The van der Waals surface area contributed by atoms with Gasteiger partial charge in [-0.1, -0.05) is 44.9 Å². The smallest absolute Gasteiger partial charge is 0.122 e. The highest BCUT2D eigenvalue weighted by Gasteiger charge is 2.43. The highest BCUT2D eigenvalue weighted by Crippen LogP contribution is 2.39. The Balaban J connectivity index is 2.21. The van der Waals surface area contributed by atoms with E-state index in [2.05, 4.69) is 30.9 Å². The number of likely N-dealkylation sites (N-methyl/N-ethyl adjacent to an activating group) is 1. The zero-order valence-electron chi connectivity index (χ0n) is 13.8. The summed E-state index contributed by atoms with van der Waals surface area (Å²) in [6, 6.07) is 8.42. The van der Waals surface area contributed by atoms with E-state index in [1.54, 1.807) is 7.11 Å². The third-order valence-electron chi connectivity index (χ3n) is 5.19. The molecule has 1 aromatic carbocycles. The maximum Gasteiger partial charge on any atom is 0.122 e. The molecule has 0 spiro atoms. The van der Waals surface area contributed by atoms with Crippen molar-refractivity contribution in [3.63, 3.8) is 0 Å². The summed E-state index contributed by atoms with van der Waals surface area (Å²) in [6.07, 6.45) is 5.95. The van der Waals surface area contributed by atoms with E-state index in [0.717, 1.165) is 25.3 Å². The van der Waals surface area contributed by atoms with Crippen LogP contribution in [0.4, 0.5) is 0 Å². The molecule has 21 heavy (non-hydrogen) atoms. The van der Waals surface area contributed by atoms with Crippen molar-refractivity contribution >= 4 is 0 Å². The molecular weight excluding hydrogens is 260 g/mol. The molecule has 2 rings (SSSR count). The molecule has 0 aliphatic heterocycles. The summed E-state index contributed by atoms with van der Waals surface area (Å²) >= 11 is 0. The summed E-state index contributed by atoms with van der Waals surface area (Å²) in [6.45, 7) is 6.66. The van der Waals surface area contributed by atoms with E-state index in [1.165, 1.54) is 31.2 Å². The highest BCUT2D eigenvalue weighted by atomic mass is 16.5. The molecule has 1 fully saturated rings. The van der Waals surface area contributed by atoms with Gasteiger partial charge in [0.1, 0.15) is 5.75 Å². The van der Waals surface area contributed by atoms with E-state index in [1.807, 2.05) is 12.1 Å². The zero-order valence-corrected chi connectivity index (χ0v) is 13.8. The van der Waals surface area contributed by atoms with Gasteiger partial charge in [-0.05, 0) is 44.0 Å². The van der Waals surface area contributed by atoms with Crippen LogP contribution in [0, 0.1) is 0 Å². The Morgan fingerprint density at radius 1 is 1.19 bits per heavy atom. The Labute approximate surface area is 129 Å². The predicted molar refractivity (Wildman–Crippen MR) is 88.8 cm³/mol. The molecule has 118 valence electrons. The van der Waals surface area contributed by atoms with Gasteiger partial charge in [-0.3, -0.25) is 4.90 Å². The first kappa shape index (κ1) is 16.3. The summed E-state index contributed by atoms with van der Waals surface area (Å²) in [7, 11) is 1.74. The lowest BCUT2D eigenvalue weighted by molar-refractivity contribution is 0.0770. The minimum Gasteiger partial charge on any atom is -0.496 e. The molecule has 1 aromatic rings. The van der Waals surface area contributed by atoms with E-state index in [0.29, 0.717) is 0 Å². The van der Waals surface area contributed by atoms with Crippen molar-refractivity contribution in [2.75, 3.05) is 20.2 Å². The number of hydrogen-bond acceptors (Lipinski definition) is 3. The van der Waals surface area contributed by atoms with Crippen LogP contribution in [0.1, 0.15) is 45.1 Å². The first-order valence-corrected chi connectivity index (χ1v) is 8.30. The summed E-state index contributed by atoms with van der Waals surface area (Å²) in [5.41, 5.74) is 8.12. The average molecular weight is 290 g/mol. The molecule has 3 nitrogen and oxygen atoms in total. The van der Waals surface area contributed by atoms with Crippen LogP contribution >= 0.6 is 0 Å². The molecule has 1 atom stereocenters. The zero-order chi connectivity index (χ0) is 15.3. The quantitative estimate of drug-likeness (QED) is 0.838. The van der Waals surface area contributed by atoms with Crippen LogP contribution in [-0.2, 0) is 6.42 Å². The maximum atomic E-state index is 6.72. The monoisotopic (exact) mass is 290 g/mol. The fourth-order valence-electron chi connectivity index (χ4n) is 4.06. The van der Waals surface area contributed by atoms with Gasteiger partial charge in [0.2, 0.25) is 0 Å². The molecule has 1 aliphatic rings. The number of hydrogen-bond donors (Lipinski definition) is 1. The van der Waals surface area contributed by atoms with E-state index in [9.17, 15) is 0 Å². The summed E-state index contributed by atoms with van der Waals surface area (Å²) < 4.78 is 5.49. The third kappa shape index (κ3) is 3.24. The van der Waals surface area contributed by atoms with Crippen molar-refractivity contribution in [3.8, 4) is 5.75 Å². The van der Waals surface area contributed by atoms with Gasteiger partial charge in [0.25, 0.3) is 0 Å². The second-order valence-corrected chi connectivity index (χ2v) is 6.11. The lowest BCUT2D eigenvalue weighted by Gasteiger charge is -2.45. The van der Waals surface area contributed by atoms with Crippen LogP contribution in [-0.4, -0.2) is 36.7 Å². The van der Waals surface area contributed by atoms with Crippen molar-refractivity contribution in [2.45, 2.75) is 57.5 Å². The van der Waals surface area contributed by atoms with Crippen molar-refractivity contribution in [2.24, 2.45) is 5.73 Å². The van der Waals surface area contributed by atoms with Gasteiger partial charge < -0.3 is 10.5 Å². The fraction of sp³-hybridized carbons (Fsp3) is 0.667. The second kappa shape index (κ2) is 7.28. The minimum atomic E-state index is 0.163. The van der Waals surface area contributed by atoms with Gasteiger partial charge in [-0.15, -0.1) is 0 Å². The minimum absolute atomic E-state index is 0.163. The fourth-order valence-corrected chi connectivity index (χ4v) is 4.06. The molecule has 0 bridgehead atoms. The van der Waals surface area contributed by atoms with Gasteiger partial charge >= 0.3 is 0 Å². The Kier molecular flexibility index (Phi) is 5.65. The highest BCUT2D eigenvalue weighted by molar-refractivity contribution is 5.34. The van der Waals surface area contributed by atoms with Crippen molar-refractivity contribution in [3.05, 3.63) is 29.8 Å². The Hall–Kier alpha value is -1.06. The SMILES string of the molecule is CCN(CC)C1(C(N)Cc2ccccc2OC)CCCC1. The number of nitrogens with two attached hydrogens (primary N) is 1. The van der Waals surface area contributed by atoms with Gasteiger partial charge in [0.15, 0.2) is 0 Å². The molecule has 1 saturated carbocycles. The normalized spacial score (nSPS) is 18.9. The van der Waals surface area contributed by atoms with Crippen LogP contribution in [0.3, 0.4) is 0 Å². The van der Waals surface area contributed by atoms with Crippen LogP contribution in [0.25, 0.3) is 0 Å². The molecule has 0 aromatic heterocycles. The lowest BCUT2D eigenvalue weighted by atomic mass is 9.83. The van der Waals surface area contributed by atoms with Crippen molar-refractivity contribution in [1.82, 2.24) is 4.90 Å². The van der Waals surface area contributed by atoms with E-state index < -0.39 is 0 Å². The Bertz CT molecular complexity index is 437. The first-order chi connectivity index (χ1) is 10.2. The molecule has 0 saturated heterocycles. The predicted octanol–water partition coefficient (Wildman–Crippen LogP) is 3.22. The summed E-state index contributed by atoms with van der Waals surface area (Å²) in [5.74, 6) is 0.959. The summed E-state index contributed by atoms with van der Waals surface area (Å²) in [4.78, 5) is 2.58. The lowest BCUT2D eigenvalue weighted by Crippen LogP contribution is -2.59. The van der Waals surface area contributed by atoms with E-state index >= 15 is 0 Å². The van der Waals surface area contributed by atoms with Crippen LogP contribution < -0.4 is 10.5 Å². The van der Waals surface area contributed by atoms with Crippen molar-refractivity contribution in [1.29, 1.82) is 0 Å². The number of methoxy groups -OCH3 is 1. The van der Waals surface area contributed by atoms with Gasteiger partial charge in [-0.2, -0.15) is 0 Å². The number of rotatable bonds is 7. The topological polar surface area (TPSA) is 38.5 Å². The van der Waals surface area contributed by atoms with Gasteiger partial charge in [0.05, 0.1) is 7.11 Å². The Morgan fingerprint density at radius 3 is 2.38 bits per heavy atom. The standard InChI is InChI=1S/C18H30N2O/c1-4-20(5-2)18(12-8-9-13-18)17(19)14-15-10-6-7-11-16(15)21-3/h6-7,10-11,17H,4-5,8-9,12-14,19H2,1-3H3. The molecule has 3 heteroatoms. The van der Waals surface area contributed by atoms with Crippen LogP contribution in [0.15, 0.2) is 24.3 Å². The van der Waals surface area contributed by atoms with Crippen LogP contribution in [0.2, 0.25) is 0 Å². The second-order valence-electron chi connectivity index (χ2n) is 6.11. The largest absolute Gasteiger partial charge is 0.496 e. The molecule has 0 heterocycles. The number of nitrogens with zero attached hydrogens (tertiary/aromatic N) is 1. The van der Waals surface area contributed by atoms with Gasteiger partial charge in [0, 0.05) is 11.6 Å². The third-order valence-corrected chi connectivity index (χ3v) is 5.19. The first-order valence-electron chi connectivity index (χ1n) is 8.30. The molecular formula is C18H30N2O. The molecule has 1 unspecified atom stereocenters. The van der Waals surface area contributed by atoms with Gasteiger partial charge in [-0.25, -0.2) is 0 Å². The molecule has 0 radical (unpaired) electrons. The van der Waals surface area contributed by atoms with E-state index in [-0.39, 0.29) is 11.6 Å². The Morgan fingerprint density at radius 2 is 1.81 bits per heavy atom. The van der Waals surface area contributed by atoms with Crippen LogP contribution in [0.5, 0.6) is 5.75 Å². The molecule has 0 amide bonds. The molecule has 1 aliphatic carbocycles. The van der Waals surface area contributed by atoms with E-state index in [4.69, 9.17) is 10.5 Å². The molecule has 2 N–H and O–H groups in total. The summed E-state index contributed by atoms with van der Waals surface area (Å²) in [5, 5.41) is 0. The van der Waals surface area contributed by atoms with Crippen molar-refractivity contribution < 1.29 is 4.74 Å². The average Bonchev–Trinajstić information content (AvgIpc) is 3.00. The number of para-hydroxylation sites is 1. The number of benzene rings is 1. The number of ether oxygens (including phenoxy) is 1. The maximum absolute atomic E-state index is 6.72.